The summed E-state index contributed by atoms with van der Waals surface area (Å²) in [5.41, 5.74) is 0.0895. The molecule has 0 radical (unpaired) electrons. The Morgan fingerprint density at radius 2 is 2.27 bits per heavy atom. The van der Waals surface area contributed by atoms with Crippen LogP contribution in [-0.2, 0) is 0 Å². The lowest BCUT2D eigenvalue weighted by atomic mass is 10.2. The van der Waals surface area contributed by atoms with E-state index in [1.807, 2.05) is 0 Å². The minimum atomic E-state index is -2.61. The number of hydrogen-bond acceptors (Lipinski definition) is 2. The molecule has 1 rings (SSSR count). The van der Waals surface area contributed by atoms with Crippen LogP contribution in [0, 0.1) is 0 Å². The minimum Gasteiger partial charge on any atom is -0.344 e. The van der Waals surface area contributed by atoms with Crippen LogP contribution in [-0.4, -0.2) is 23.4 Å². The highest BCUT2D eigenvalue weighted by atomic mass is 35.5. The fourth-order valence-electron chi connectivity index (χ4n) is 0.903. The van der Waals surface area contributed by atoms with E-state index in [4.69, 9.17) is 11.6 Å². The van der Waals surface area contributed by atoms with Gasteiger partial charge in [-0.15, -0.1) is 0 Å². The zero-order chi connectivity index (χ0) is 11.4. The second-order valence-electron chi connectivity index (χ2n) is 2.94. The van der Waals surface area contributed by atoms with Gasteiger partial charge in [0.1, 0.15) is 5.15 Å². The number of rotatable bonds is 3. The molecule has 0 saturated heterocycles. The van der Waals surface area contributed by atoms with Gasteiger partial charge in [-0.25, -0.2) is 13.8 Å². The Hall–Kier alpha value is -1.23. The smallest absolute Gasteiger partial charge is 0.258 e. The first-order valence-corrected chi connectivity index (χ1v) is 4.59. The molecule has 0 aliphatic rings. The summed E-state index contributed by atoms with van der Waals surface area (Å²) in [6.45, 7) is 1.22. The normalized spacial score (nSPS) is 12.6. The van der Waals surface area contributed by atoms with Gasteiger partial charge in [0.25, 0.3) is 12.3 Å². The van der Waals surface area contributed by atoms with Crippen LogP contribution in [0.15, 0.2) is 18.3 Å². The monoisotopic (exact) mass is 234 g/mol. The van der Waals surface area contributed by atoms with Crippen LogP contribution < -0.4 is 5.32 Å². The maximum atomic E-state index is 12.1. The number of carbonyl (C=O) groups is 1. The van der Waals surface area contributed by atoms with Gasteiger partial charge >= 0.3 is 0 Å². The van der Waals surface area contributed by atoms with Crippen molar-refractivity contribution >= 4 is 17.5 Å². The van der Waals surface area contributed by atoms with Crippen LogP contribution in [0.5, 0.6) is 0 Å². The van der Waals surface area contributed by atoms with Crippen molar-refractivity contribution in [3.63, 3.8) is 0 Å². The van der Waals surface area contributed by atoms with Crippen molar-refractivity contribution in [2.24, 2.45) is 0 Å². The minimum absolute atomic E-state index is 0.00327. The van der Waals surface area contributed by atoms with E-state index in [-0.39, 0.29) is 10.7 Å². The van der Waals surface area contributed by atoms with E-state index in [1.165, 1.54) is 25.3 Å². The van der Waals surface area contributed by atoms with Gasteiger partial charge < -0.3 is 5.32 Å². The van der Waals surface area contributed by atoms with E-state index in [1.54, 1.807) is 0 Å². The predicted molar refractivity (Wildman–Crippen MR) is 52.2 cm³/mol. The number of carbonyl (C=O) groups excluding carboxylic acids is 1. The summed E-state index contributed by atoms with van der Waals surface area (Å²) < 4.78 is 24.3. The average Bonchev–Trinajstić information content (AvgIpc) is 2.18. The zero-order valence-corrected chi connectivity index (χ0v) is 8.63. The van der Waals surface area contributed by atoms with Crippen molar-refractivity contribution in [3.05, 3.63) is 29.0 Å². The van der Waals surface area contributed by atoms with Crippen molar-refractivity contribution in [3.8, 4) is 0 Å². The summed E-state index contributed by atoms with van der Waals surface area (Å²) in [4.78, 5) is 15.1. The van der Waals surface area contributed by atoms with Crippen LogP contribution in [0.25, 0.3) is 0 Å². The maximum absolute atomic E-state index is 12.1. The summed E-state index contributed by atoms with van der Waals surface area (Å²) in [5, 5.41) is 2.12. The molecule has 1 aromatic heterocycles. The van der Waals surface area contributed by atoms with Crippen molar-refractivity contribution in [2.45, 2.75) is 19.4 Å². The molecular weight excluding hydrogens is 226 g/mol. The van der Waals surface area contributed by atoms with Gasteiger partial charge in [-0.3, -0.25) is 4.79 Å². The predicted octanol–water partition coefficient (Wildman–Crippen LogP) is 2.12. The Morgan fingerprint density at radius 1 is 1.60 bits per heavy atom. The molecule has 82 valence electrons. The molecule has 0 aliphatic carbocycles. The largest absolute Gasteiger partial charge is 0.344 e. The lowest BCUT2D eigenvalue weighted by molar-refractivity contribution is 0.0780. The molecule has 0 aromatic carbocycles. The third-order valence-electron chi connectivity index (χ3n) is 1.74. The highest BCUT2D eigenvalue weighted by Crippen LogP contribution is 2.12. The quantitative estimate of drug-likeness (QED) is 0.814. The van der Waals surface area contributed by atoms with E-state index >= 15 is 0 Å². The van der Waals surface area contributed by atoms with Gasteiger partial charge in [0.05, 0.1) is 11.6 Å². The van der Waals surface area contributed by atoms with Crippen LogP contribution >= 0.6 is 11.6 Å². The van der Waals surface area contributed by atoms with E-state index < -0.39 is 18.4 Å². The van der Waals surface area contributed by atoms with E-state index in [9.17, 15) is 13.6 Å². The average molecular weight is 235 g/mol. The molecule has 3 nitrogen and oxygen atoms in total. The molecule has 1 N–H and O–H groups in total. The molecule has 15 heavy (non-hydrogen) atoms. The van der Waals surface area contributed by atoms with Crippen molar-refractivity contribution in [1.82, 2.24) is 10.3 Å². The van der Waals surface area contributed by atoms with Gasteiger partial charge in [0.2, 0.25) is 0 Å². The number of alkyl halides is 2. The molecule has 1 atom stereocenters. The first-order chi connectivity index (χ1) is 7.02. The molecule has 0 spiro atoms. The molecule has 1 unspecified atom stereocenters. The van der Waals surface area contributed by atoms with Crippen molar-refractivity contribution in [1.29, 1.82) is 0 Å². The van der Waals surface area contributed by atoms with Gasteiger partial charge in [0.15, 0.2) is 0 Å². The number of amides is 1. The Labute approximate surface area is 90.5 Å². The van der Waals surface area contributed by atoms with Gasteiger partial charge in [-0.1, -0.05) is 11.6 Å². The zero-order valence-electron chi connectivity index (χ0n) is 7.88. The maximum Gasteiger partial charge on any atom is 0.258 e. The molecule has 6 heteroatoms. The Morgan fingerprint density at radius 3 is 2.80 bits per heavy atom. The highest BCUT2D eigenvalue weighted by molar-refractivity contribution is 6.32. The van der Waals surface area contributed by atoms with E-state index in [0.717, 1.165) is 0 Å². The number of halogens is 3. The topological polar surface area (TPSA) is 42.0 Å². The van der Waals surface area contributed by atoms with E-state index in [2.05, 4.69) is 10.3 Å². The lowest BCUT2D eigenvalue weighted by Gasteiger charge is -2.12. The first-order valence-electron chi connectivity index (χ1n) is 4.22. The summed E-state index contributed by atoms with van der Waals surface area (Å²) >= 11 is 5.62. The second kappa shape index (κ2) is 5.02. The Kier molecular flexibility index (Phi) is 3.96. The van der Waals surface area contributed by atoms with Gasteiger partial charge in [-0.2, -0.15) is 0 Å². The molecule has 0 aliphatic heterocycles. The molecule has 1 amide bonds. The Bertz CT molecular complexity index is 360. The molecule has 0 fully saturated rings. The summed E-state index contributed by atoms with van der Waals surface area (Å²) in [5.74, 6) is -0.652. The summed E-state index contributed by atoms with van der Waals surface area (Å²) in [6.07, 6.45) is -1.19. The van der Waals surface area contributed by atoms with Crippen molar-refractivity contribution < 1.29 is 13.6 Å². The second-order valence-corrected chi connectivity index (χ2v) is 3.30. The Balaban J connectivity index is 2.74. The number of nitrogens with one attached hydrogen (secondary N) is 1. The van der Waals surface area contributed by atoms with Crippen molar-refractivity contribution in [2.75, 3.05) is 0 Å². The molecule has 0 bridgehead atoms. The third kappa shape index (κ3) is 3.13. The number of pyridine rings is 1. The van der Waals surface area contributed by atoms with E-state index in [0.29, 0.717) is 0 Å². The van der Waals surface area contributed by atoms with Gasteiger partial charge in [0, 0.05) is 6.20 Å². The van der Waals surface area contributed by atoms with Crippen LogP contribution in [0.1, 0.15) is 17.3 Å². The number of nitrogens with zero attached hydrogens (tertiary/aromatic N) is 1. The highest BCUT2D eigenvalue weighted by Gasteiger charge is 2.19. The molecule has 0 saturated carbocycles. The lowest BCUT2D eigenvalue weighted by Crippen LogP contribution is -2.37. The SMILES string of the molecule is CC(NC(=O)c1cccnc1Cl)C(F)F. The van der Waals surface area contributed by atoms with Crippen LogP contribution in [0.2, 0.25) is 5.15 Å². The summed E-state index contributed by atoms with van der Waals surface area (Å²) in [6, 6.07) is 1.71. The number of aromatic nitrogens is 1. The van der Waals surface area contributed by atoms with Crippen LogP contribution in [0.4, 0.5) is 8.78 Å². The molecule has 1 aromatic rings. The summed E-state index contributed by atoms with van der Waals surface area (Å²) in [7, 11) is 0. The molecular formula is C9H9ClF2N2O. The fourth-order valence-corrected chi connectivity index (χ4v) is 1.11. The fraction of sp³-hybridized carbons (Fsp3) is 0.333. The molecule has 1 heterocycles. The van der Waals surface area contributed by atoms with Crippen LogP contribution in [0.3, 0.4) is 0 Å². The third-order valence-corrected chi connectivity index (χ3v) is 2.04. The number of hydrogen-bond donors (Lipinski definition) is 1. The van der Waals surface area contributed by atoms with Gasteiger partial charge in [-0.05, 0) is 19.1 Å². The first kappa shape index (κ1) is 11.8. The standard InChI is InChI=1S/C9H9ClF2N2O/c1-5(8(11)12)14-9(15)6-3-2-4-13-7(6)10/h2-5,8H,1H3,(H,14,15).